The second-order valence-corrected chi connectivity index (χ2v) is 1.79. The molecule has 11 heavy (non-hydrogen) atoms. The van der Waals surface area contributed by atoms with E-state index in [0.717, 1.165) is 12.4 Å². The van der Waals surface area contributed by atoms with Gasteiger partial charge in [-0.15, -0.1) is 0 Å². The van der Waals surface area contributed by atoms with Crippen LogP contribution in [0.2, 0.25) is 0 Å². The predicted molar refractivity (Wildman–Crippen MR) is 31.4 cm³/mol. The summed E-state index contributed by atoms with van der Waals surface area (Å²) in [6.45, 7) is 0. The molecule has 0 aliphatic carbocycles. The number of aromatic nitrogens is 2. The average Bonchev–Trinajstić information content (AvgIpc) is 1.86. The lowest BCUT2D eigenvalue weighted by atomic mass is 10.4. The van der Waals surface area contributed by atoms with Crippen molar-refractivity contribution in [1.82, 2.24) is 9.97 Å². The van der Waals surface area contributed by atoms with Crippen LogP contribution >= 0.6 is 0 Å². The quantitative estimate of drug-likeness (QED) is 0.622. The Morgan fingerprint density at radius 3 is 2.09 bits per heavy atom. The smallest absolute Gasteiger partial charge is 0.382 e. The molecule has 0 radical (unpaired) electrons. The maximum atomic E-state index is 11.9. The third-order valence-electron chi connectivity index (χ3n) is 0.995. The van der Waals surface area contributed by atoms with Gasteiger partial charge in [-0.25, -0.2) is 9.97 Å². The van der Waals surface area contributed by atoms with Gasteiger partial charge in [0.05, 0.1) is 0 Å². The van der Waals surface area contributed by atoms with Crippen molar-refractivity contribution >= 4 is 5.82 Å². The van der Waals surface area contributed by atoms with E-state index >= 15 is 0 Å². The van der Waals surface area contributed by atoms with E-state index in [1.54, 1.807) is 0 Å². The normalized spacial score (nSPS) is 11.5. The number of halogens is 3. The number of rotatable bonds is 0. The molecule has 0 saturated carbocycles. The Labute approximate surface area is 60.1 Å². The minimum atomic E-state index is -4.52. The van der Waals surface area contributed by atoms with Crippen molar-refractivity contribution in [2.24, 2.45) is 0 Å². The molecule has 6 heteroatoms. The van der Waals surface area contributed by atoms with E-state index in [9.17, 15) is 13.2 Å². The largest absolute Gasteiger partial charge is 0.437 e. The van der Waals surface area contributed by atoms with Crippen molar-refractivity contribution in [2.45, 2.75) is 6.18 Å². The summed E-state index contributed by atoms with van der Waals surface area (Å²) in [7, 11) is 0. The molecule has 1 heterocycles. The summed E-state index contributed by atoms with van der Waals surface area (Å²) in [5.41, 5.74) is 3.77. The van der Waals surface area contributed by atoms with Gasteiger partial charge < -0.3 is 5.73 Å². The summed E-state index contributed by atoms with van der Waals surface area (Å²) < 4.78 is 35.6. The first-order chi connectivity index (χ1) is 5.02. The van der Waals surface area contributed by atoms with Crippen LogP contribution in [-0.2, 0) is 6.18 Å². The highest BCUT2D eigenvalue weighted by Crippen LogP contribution is 2.29. The lowest BCUT2D eigenvalue weighted by molar-refractivity contribution is -0.140. The number of nitrogens with two attached hydrogens (primary N) is 1. The van der Waals surface area contributed by atoms with Gasteiger partial charge >= 0.3 is 6.18 Å². The molecule has 0 spiro atoms. The average molecular weight is 163 g/mol. The maximum absolute atomic E-state index is 11.9. The van der Waals surface area contributed by atoms with E-state index in [2.05, 4.69) is 9.97 Å². The Hall–Kier alpha value is -1.33. The molecule has 0 unspecified atom stereocenters. The van der Waals surface area contributed by atoms with Gasteiger partial charge in [0.1, 0.15) is 0 Å². The zero-order chi connectivity index (χ0) is 8.48. The second-order valence-electron chi connectivity index (χ2n) is 1.79. The summed E-state index contributed by atoms with van der Waals surface area (Å²) in [5.74, 6) is -0.597. The van der Waals surface area contributed by atoms with Crippen molar-refractivity contribution < 1.29 is 13.2 Å². The molecule has 60 valence electrons. The highest BCUT2D eigenvalue weighted by atomic mass is 19.4. The van der Waals surface area contributed by atoms with E-state index in [1.165, 1.54) is 0 Å². The Balaban J connectivity index is 3.14. The van der Waals surface area contributed by atoms with Crippen LogP contribution < -0.4 is 5.73 Å². The summed E-state index contributed by atoms with van der Waals surface area (Å²) >= 11 is 0. The molecule has 0 aromatic carbocycles. The van der Waals surface area contributed by atoms with E-state index < -0.39 is 17.7 Å². The number of anilines is 1. The van der Waals surface area contributed by atoms with E-state index in [0.29, 0.717) is 0 Å². The van der Waals surface area contributed by atoms with Crippen LogP contribution in [0.4, 0.5) is 19.0 Å². The molecule has 0 fully saturated rings. The van der Waals surface area contributed by atoms with Crippen LogP contribution in [-0.4, -0.2) is 9.97 Å². The first kappa shape index (κ1) is 7.77. The van der Waals surface area contributed by atoms with E-state index in [-0.39, 0.29) is 0 Å². The molecule has 0 bridgehead atoms. The molecule has 0 aliphatic heterocycles. The monoisotopic (exact) mass is 163 g/mol. The minimum absolute atomic E-state index is 0.597. The molecule has 1 rings (SSSR count). The highest BCUT2D eigenvalue weighted by Gasteiger charge is 2.35. The molecule has 2 N–H and O–H groups in total. The number of hydrogen-bond acceptors (Lipinski definition) is 3. The Morgan fingerprint density at radius 1 is 1.18 bits per heavy atom. The molecular weight excluding hydrogens is 159 g/mol. The van der Waals surface area contributed by atoms with Crippen LogP contribution in [0, 0.1) is 0 Å². The van der Waals surface area contributed by atoms with Gasteiger partial charge in [-0.3, -0.25) is 0 Å². The first-order valence-electron chi connectivity index (χ1n) is 2.65. The summed E-state index contributed by atoms with van der Waals surface area (Å²) in [6.07, 6.45) is -2.47. The van der Waals surface area contributed by atoms with Gasteiger partial charge in [-0.2, -0.15) is 13.2 Å². The lowest BCUT2D eigenvalue weighted by Crippen LogP contribution is -2.12. The van der Waals surface area contributed by atoms with Gasteiger partial charge in [0, 0.05) is 12.4 Å². The van der Waals surface area contributed by atoms with Crippen LogP contribution in [0.5, 0.6) is 0 Å². The molecule has 3 nitrogen and oxygen atoms in total. The Kier molecular flexibility index (Phi) is 1.67. The van der Waals surface area contributed by atoms with Gasteiger partial charge in [0.25, 0.3) is 0 Å². The number of alkyl halides is 3. The van der Waals surface area contributed by atoms with Crippen molar-refractivity contribution in [1.29, 1.82) is 0 Å². The fourth-order valence-electron chi connectivity index (χ4n) is 0.567. The topological polar surface area (TPSA) is 51.8 Å². The van der Waals surface area contributed by atoms with E-state index in [4.69, 9.17) is 5.73 Å². The number of hydrogen-bond donors (Lipinski definition) is 1. The maximum Gasteiger partial charge on any atom is 0.437 e. The Morgan fingerprint density at radius 2 is 1.73 bits per heavy atom. The fourth-order valence-corrected chi connectivity index (χ4v) is 0.567. The molecule has 1 aromatic rings. The minimum Gasteiger partial charge on any atom is -0.382 e. The summed E-state index contributed by atoms with van der Waals surface area (Å²) in [5, 5.41) is 0. The SMILES string of the molecule is Nc1nccnc1C(F)(F)F. The van der Waals surface area contributed by atoms with Crippen LogP contribution in [0.15, 0.2) is 12.4 Å². The molecule has 0 atom stereocenters. The molecule has 0 amide bonds. The number of nitrogen functional groups attached to an aromatic ring is 1. The molecular formula is C5H4F3N3. The highest BCUT2D eigenvalue weighted by molar-refractivity contribution is 5.34. The lowest BCUT2D eigenvalue weighted by Gasteiger charge is -2.05. The van der Waals surface area contributed by atoms with Crippen molar-refractivity contribution in [3.05, 3.63) is 18.1 Å². The number of nitrogens with zero attached hydrogens (tertiary/aromatic N) is 2. The second kappa shape index (κ2) is 2.37. The van der Waals surface area contributed by atoms with Gasteiger partial charge in [-0.1, -0.05) is 0 Å². The first-order valence-corrected chi connectivity index (χ1v) is 2.65. The third-order valence-corrected chi connectivity index (χ3v) is 0.995. The van der Waals surface area contributed by atoms with Gasteiger partial charge in [-0.05, 0) is 0 Å². The summed E-state index contributed by atoms with van der Waals surface area (Å²) in [4.78, 5) is 6.28. The molecule has 1 aromatic heterocycles. The zero-order valence-electron chi connectivity index (χ0n) is 5.26. The van der Waals surface area contributed by atoms with Crippen molar-refractivity contribution in [3.63, 3.8) is 0 Å². The van der Waals surface area contributed by atoms with Gasteiger partial charge in [0.15, 0.2) is 11.5 Å². The predicted octanol–water partition coefficient (Wildman–Crippen LogP) is 1.08. The van der Waals surface area contributed by atoms with Gasteiger partial charge in [0.2, 0.25) is 0 Å². The van der Waals surface area contributed by atoms with Crippen LogP contribution in [0.3, 0.4) is 0 Å². The van der Waals surface area contributed by atoms with Crippen molar-refractivity contribution in [2.75, 3.05) is 5.73 Å². The fraction of sp³-hybridized carbons (Fsp3) is 0.200. The van der Waals surface area contributed by atoms with Crippen LogP contribution in [0.25, 0.3) is 0 Å². The summed E-state index contributed by atoms with van der Waals surface area (Å²) in [6, 6.07) is 0. The zero-order valence-corrected chi connectivity index (χ0v) is 5.26. The molecule has 0 aliphatic rings. The van der Waals surface area contributed by atoms with E-state index in [1.807, 2.05) is 0 Å². The van der Waals surface area contributed by atoms with Crippen molar-refractivity contribution in [3.8, 4) is 0 Å². The third kappa shape index (κ3) is 1.57. The molecule has 0 saturated heterocycles. The van der Waals surface area contributed by atoms with Crippen LogP contribution in [0.1, 0.15) is 5.69 Å². The Bertz CT molecular complexity index is 257. The standard InChI is InChI=1S/C5H4F3N3/c6-5(7,8)3-4(9)11-2-1-10-3/h1-2H,(H2,9,11).